The summed E-state index contributed by atoms with van der Waals surface area (Å²) in [6, 6.07) is 0. The number of hydrogen-bond donors (Lipinski definition) is 0. The molecule has 2 nitrogen and oxygen atoms in total. The molecule has 0 radical (unpaired) electrons. The van der Waals surface area contributed by atoms with Gasteiger partial charge in [0.1, 0.15) is 5.78 Å². The van der Waals surface area contributed by atoms with Gasteiger partial charge in [-0.3, -0.25) is 9.59 Å². The molecular weight excluding hydrogens is 260 g/mol. The molecule has 0 aliphatic heterocycles. The molecule has 3 fully saturated rings. The van der Waals surface area contributed by atoms with Crippen molar-refractivity contribution in [2.75, 3.05) is 0 Å². The van der Waals surface area contributed by atoms with Crippen molar-refractivity contribution in [2.45, 2.75) is 65.2 Å². The maximum Gasteiger partial charge on any atom is 0.155 e. The van der Waals surface area contributed by atoms with Crippen LogP contribution in [0.2, 0.25) is 0 Å². The molecule has 0 heterocycles. The van der Waals surface area contributed by atoms with E-state index in [1.807, 2.05) is 6.08 Å². The van der Waals surface area contributed by atoms with Gasteiger partial charge in [-0.15, -0.1) is 0 Å². The first-order valence-electron chi connectivity index (χ1n) is 8.72. The van der Waals surface area contributed by atoms with Gasteiger partial charge in [-0.05, 0) is 67.8 Å². The topological polar surface area (TPSA) is 34.1 Å². The fraction of sp³-hybridized carbons (Fsp3) is 0.789. The molecule has 0 N–H and O–H groups in total. The average molecular weight is 286 g/mol. The quantitative estimate of drug-likeness (QED) is 0.672. The smallest absolute Gasteiger partial charge is 0.155 e. The van der Waals surface area contributed by atoms with E-state index < -0.39 is 0 Å². The number of hydrogen-bond acceptors (Lipinski definition) is 2. The van der Waals surface area contributed by atoms with Gasteiger partial charge < -0.3 is 0 Å². The van der Waals surface area contributed by atoms with Crippen LogP contribution < -0.4 is 0 Å². The highest BCUT2D eigenvalue weighted by atomic mass is 16.1. The van der Waals surface area contributed by atoms with Crippen molar-refractivity contribution in [3.63, 3.8) is 0 Å². The zero-order valence-electron chi connectivity index (χ0n) is 13.3. The average Bonchev–Trinajstić information content (AvgIpc) is 2.76. The molecule has 0 amide bonds. The molecule has 0 aromatic carbocycles. The molecule has 5 atom stereocenters. The molecular formula is C19H26O2. The van der Waals surface area contributed by atoms with Gasteiger partial charge in [-0.25, -0.2) is 0 Å². The molecule has 21 heavy (non-hydrogen) atoms. The van der Waals surface area contributed by atoms with Crippen LogP contribution in [0.5, 0.6) is 0 Å². The molecule has 114 valence electrons. The number of carbonyl (C=O) groups is 2. The maximum absolute atomic E-state index is 12.4. The van der Waals surface area contributed by atoms with Gasteiger partial charge >= 0.3 is 0 Å². The molecule has 0 bridgehead atoms. The molecule has 0 unspecified atom stereocenters. The first-order valence-corrected chi connectivity index (χ1v) is 8.72. The van der Waals surface area contributed by atoms with E-state index in [1.54, 1.807) is 0 Å². The van der Waals surface area contributed by atoms with Crippen molar-refractivity contribution < 1.29 is 9.59 Å². The van der Waals surface area contributed by atoms with Crippen molar-refractivity contribution in [1.82, 2.24) is 0 Å². The zero-order chi connectivity index (χ0) is 14.8. The van der Waals surface area contributed by atoms with E-state index in [0.29, 0.717) is 29.3 Å². The number of allylic oxidation sites excluding steroid dienone is 1. The summed E-state index contributed by atoms with van der Waals surface area (Å²) in [4.78, 5) is 24.1. The highest BCUT2D eigenvalue weighted by Gasteiger charge is 2.58. The van der Waals surface area contributed by atoms with Crippen molar-refractivity contribution in [1.29, 1.82) is 0 Å². The van der Waals surface area contributed by atoms with Crippen molar-refractivity contribution >= 4 is 11.6 Å². The summed E-state index contributed by atoms with van der Waals surface area (Å²) in [6.07, 6.45) is 10.2. The Kier molecular flexibility index (Phi) is 2.81. The first-order chi connectivity index (χ1) is 9.95. The van der Waals surface area contributed by atoms with Gasteiger partial charge in [0.15, 0.2) is 5.78 Å². The molecule has 0 aromatic heterocycles. The Morgan fingerprint density at radius 1 is 0.905 bits per heavy atom. The highest BCUT2D eigenvalue weighted by molar-refractivity contribution is 5.91. The summed E-state index contributed by atoms with van der Waals surface area (Å²) in [5.41, 5.74) is 1.64. The first kappa shape index (κ1) is 13.7. The molecule has 3 saturated carbocycles. The Morgan fingerprint density at radius 3 is 2.48 bits per heavy atom. The van der Waals surface area contributed by atoms with Crippen molar-refractivity contribution in [2.24, 2.45) is 28.6 Å². The predicted octanol–water partition coefficient (Wildman–Crippen LogP) is 4.09. The summed E-state index contributed by atoms with van der Waals surface area (Å²) in [5.74, 6) is 2.88. The summed E-state index contributed by atoms with van der Waals surface area (Å²) in [7, 11) is 0. The maximum atomic E-state index is 12.4. The fourth-order valence-electron chi connectivity index (χ4n) is 6.33. The van der Waals surface area contributed by atoms with Crippen LogP contribution in [-0.2, 0) is 9.59 Å². The molecule has 4 rings (SSSR count). The summed E-state index contributed by atoms with van der Waals surface area (Å²) in [5, 5.41) is 0. The van der Waals surface area contributed by atoms with Gasteiger partial charge in [-0.2, -0.15) is 0 Å². The van der Waals surface area contributed by atoms with Gasteiger partial charge in [0.2, 0.25) is 0 Å². The van der Waals surface area contributed by atoms with E-state index in [2.05, 4.69) is 13.8 Å². The lowest BCUT2D eigenvalue weighted by atomic mass is 9.47. The van der Waals surface area contributed by atoms with Crippen LogP contribution in [0.25, 0.3) is 0 Å². The lowest BCUT2D eigenvalue weighted by Gasteiger charge is -2.56. The third-order valence-electron chi connectivity index (χ3n) is 7.67. The predicted molar refractivity (Wildman–Crippen MR) is 81.7 cm³/mol. The van der Waals surface area contributed by atoms with Gasteiger partial charge in [0.05, 0.1) is 0 Å². The number of rotatable bonds is 0. The Balaban J connectivity index is 1.70. The van der Waals surface area contributed by atoms with Crippen LogP contribution in [0.4, 0.5) is 0 Å². The third kappa shape index (κ3) is 1.71. The van der Waals surface area contributed by atoms with E-state index in [-0.39, 0.29) is 10.8 Å². The minimum atomic E-state index is -0.0246. The standard InChI is InChI=1S/C19H26O2/c1-18-9-7-13(20)11-12(18)3-4-14-15-5-6-17(21)19(15,2)10-8-16(14)18/h11,14-16H,3-10H2,1-2H3/t14-,15-,16-,18+,19+/m1/s1. The Bertz CT molecular complexity index is 546. The van der Waals surface area contributed by atoms with Crippen LogP contribution in [0.15, 0.2) is 11.6 Å². The van der Waals surface area contributed by atoms with Crippen LogP contribution in [0.3, 0.4) is 0 Å². The Hall–Kier alpha value is -0.920. The number of Topliss-reactive ketones (excluding diaryl/α,β-unsaturated/α-hetero) is 1. The lowest BCUT2D eigenvalue weighted by Crippen LogP contribution is -2.50. The second-order valence-electron chi connectivity index (χ2n) is 8.39. The van der Waals surface area contributed by atoms with Crippen molar-refractivity contribution in [3.05, 3.63) is 11.6 Å². The molecule has 2 heteroatoms. The Morgan fingerprint density at radius 2 is 1.67 bits per heavy atom. The number of ketones is 2. The summed E-state index contributed by atoms with van der Waals surface area (Å²) in [6.45, 7) is 4.64. The van der Waals surface area contributed by atoms with E-state index >= 15 is 0 Å². The lowest BCUT2D eigenvalue weighted by molar-refractivity contribution is -0.132. The van der Waals surface area contributed by atoms with E-state index in [9.17, 15) is 9.59 Å². The highest BCUT2D eigenvalue weighted by Crippen LogP contribution is 2.64. The minimum absolute atomic E-state index is 0.0246. The third-order valence-corrected chi connectivity index (χ3v) is 7.67. The Labute approximate surface area is 127 Å². The number of fused-ring (bicyclic) bond motifs is 5. The molecule has 0 aromatic rings. The normalized spacial score (nSPS) is 49.2. The molecule has 0 spiro atoms. The molecule has 4 aliphatic rings. The van der Waals surface area contributed by atoms with E-state index in [1.165, 1.54) is 18.4 Å². The van der Waals surface area contributed by atoms with E-state index in [0.717, 1.165) is 38.5 Å². The second-order valence-corrected chi connectivity index (χ2v) is 8.39. The molecule has 0 saturated heterocycles. The van der Waals surface area contributed by atoms with Crippen LogP contribution in [0, 0.1) is 28.6 Å². The monoisotopic (exact) mass is 286 g/mol. The van der Waals surface area contributed by atoms with Gasteiger partial charge in [0, 0.05) is 18.3 Å². The van der Waals surface area contributed by atoms with Gasteiger partial charge in [-0.1, -0.05) is 19.4 Å². The SMILES string of the molecule is C[C@]12CCC(=O)C=C1CC[C@H]1[C@H]2CC[C@]2(C)C(=O)CC[C@H]12. The molecule has 4 aliphatic carbocycles. The zero-order valence-corrected chi connectivity index (χ0v) is 13.3. The van der Waals surface area contributed by atoms with Gasteiger partial charge in [0.25, 0.3) is 0 Å². The van der Waals surface area contributed by atoms with Crippen LogP contribution in [0.1, 0.15) is 65.2 Å². The van der Waals surface area contributed by atoms with Crippen LogP contribution >= 0.6 is 0 Å². The van der Waals surface area contributed by atoms with Crippen LogP contribution in [-0.4, -0.2) is 11.6 Å². The fourth-order valence-corrected chi connectivity index (χ4v) is 6.33. The minimum Gasteiger partial charge on any atom is -0.299 e. The largest absolute Gasteiger partial charge is 0.299 e. The van der Waals surface area contributed by atoms with Crippen molar-refractivity contribution in [3.8, 4) is 0 Å². The second kappa shape index (κ2) is 4.30. The summed E-state index contributed by atoms with van der Waals surface area (Å²) < 4.78 is 0. The van der Waals surface area contributed by atoms with E-state index in [4.69, 9.17) is 0 Å². The summed E-state index contributed by atoms with van der Waals surface area (Å²) >= 11 is 0. The number of carbonyl (C=O) groups excluding carboxylic acids is 2.